The molecule has 0 spiro atoms. The van der Waals surface area contributed by atoms with E-state index in [0.717, 1.165) is 31.2 Å². The van der Waals surface area contributed by atoms with Crippen molar-refractivity contribution in [3.8, 4) is 0 Å². The van der Waals surface area contributed by atoms with Crippen LogP contribution < -0.4 is 0 Å². The summed E-state index contributed by atoms with van der Waals surface area (Å²) in [7, 11) is 0. The minimum atomic E-state index is 0.680. The quantitative estimate of drug-likeness (QED) is 0.292. The third kappa shape index (κ3) is 5.86. The maximum atomic E-state index is 4.69. The van der Waals surface area contributed by atoms with E-state index in [1.165, 1.54) is 91.4 Å². The summed E-state index contributed by atoms with van der Waals surface area (Å²) in [6.07, 6.45) is 18.8. The van der Waals surface area contributed by atoms with E-state index in [9.17, 15) is 0 Å². The Morgan fingerprint density at radius 2 is 1.88 bits per heavy atom. The lowest BCUT2D eigenvalue weighted by atomic mass is 9.89. The van der Waals surface area contributed by atoms with Crippen LogP contribution in [-0.2, 0) is 13.0 Å². The highest BCUT2D eigenvalue weighted by atomic mass is 32.2. The Morgan fingerprint density at radius 3 is 2.67 bits per heavy atom. The molecule has 2 fully saturated rings. The van der Waals surface area contributed by atoms with Crippen LogP contribution in [-0.4, -0.2) is 45.1 Å². The number of hydrogen-bond donors (Lipinski definition) is 1. The van der Waals surface area contributed by atoms with Crippen LogP contribution in [0.15, 0.2) is 41.7 Å². The summed E-state index contributed by atoms with van der Waals surface area (Å²) in [6, 6.07) is 6.90. The second kappa shape index (κ2) is 11.1. The van der Waals surface area contributed by atoms with Crippen molar-refractivity contribution in [2.75, 3.05) is 25.4 Å². The first kappa shape index (κ1) is 23.0. The maximum absolute atomic E-state index is 4.69. The van der Waals surface area contributed by atoms with Crippen LogP contribution in [0.4, 0.5) is 0 Å². The number of thioether (sulfide) groups is 1. The van der Waals surface area contributed by atoms with Gasteiger partial charge in [-0.3, -0.25) is 4.68 Å². The Kier molecular flexibility index (Phi) is 7.78. The highest BCUT2D eigenvalue weighted by Crippen LogP contribution is 2.35. The number of nitrogens with one attached hydrogen (secondary N) is 1. The highest BCUT2D eigenvalue weighted by Gasteiger charge is 2.23. The monoisotopic (exact) mass is 464 g/mol. The first-order valence-corrected chi connectivity index (χ1v) is 14.2. The van der Waals surface area contributed by atoms with E-state index in [-0.39, 0.29) is 0 Å². The van der Waals surface area contributed by atoms with Crippen molar-refractivity contribution >= 4 is 22.7 Å². The van der Waals surface area contributed by atoms with Crippen LogP contribution in [0.25, 0.3) is 10.9 Å². The number of nitrogens with zero attached hydrogens (tertiary/aromatic N) is 3. The first-order valence-electron chi connectivity index (χ1n) is 13.3. The van der Waals surface area contributed by atoms with E-state index >= 15 is 0 Å². The summed E-state index contributed by atoms with van der Waals surface area (Å²) in [6.45, 7) is 6.92. The molecule has 1 saturated carbocycles. The summed E-state index contributed by atoms with van der Waals surface area (Å²) < 4.78 is 2.22. The highest BCUT2D eigenvalue weighted by molar-refractivity contribution is 7.99. The molecule has 178 valence electrons. The van der Waals surface area contributed by atoms with E-state index in [1.54, 1.807) is 0 Å². The topological polar surface area (TPSA) is 36.9 Å². The van der Waals surface area contributed by atoms with Crippen molar-refractivity contribution in [1.82, 2.24) is 19.7 Å². The third-order valence-corrected chi connectivity index (χ3v) is 8.72. The zero-order chi connectivity index (χ0) is 22.5. The van der Waals surface area contributed by atoms with Crippen molar-refractivity contribution < 1.29 is 0 Å². The van der Waals surface area contributed by atoms with E-state index in [1.807, 2.05) is 11.8 Å². The zero-order valence-electron chi connectivity index (χ0n) is 20.3. The number of fused-ring (bicyclic) bond motifs is 1. The molecule has 1 saturated heterocycles. The SMILES string of the molecule is CCSc1ccc2[nH]cc(C3CCN(CCc4cnn(CC5CCCCCC5)c4)CC3)c2c1. The van der Waals surface area contributed by atoms with E-state index < -0.39 is 0 Å². The molecule has 33 heavy (non-hydrogen) atoms. The average molecular weight is 465 g/mol. The summed E-state index contributed by atoms with van der Waals surface area (Å²) in [4.78, 5) is 7.57. The predicted octanol–water partition coefficient (Wildman–Crippen LogP) is 6.87. The van der Waals surface area contributed by atoms with Crippen LogP contribution in [0, 0.1) is 5.92 Å². The molecule has 1 N–H and O–H groups in total. The molecule has 1 aromatic carbocycles. The fourth-order valence-electron chi connectivity index (χ4n) is 5.92. The lowest BCUT2D eigenvalue weighted by Gasteiger charge is -2.31. The Labute approximate surface area is 203 Å². The van der Waals surface area contributed by atoms with Gasteiger partial charge in [0.15, 0.2) is 0 Å². The average Bonchev–Trinajstić information content (AvgIpc) is 3.38. The molecule has 5 heteroatoms. The number of benzene rings is 1. The normalized spacial score (nSPS) is 19.3. The van der Waals surface area contributed by atoms with Crippen molar-refractivity contribution in [2.24, 2.45) is 5.92 Å². The van der Waals surface area contributed by atoms with Gasteiger partial charge in [-0.25, -0.2) is 0 Å². The number of H-pyrrole nitrogens is 1. The molecule has 3 aromatic rings. The standard InChI is InChI=1S/C28H40N4S/c1-2-33-25-9-10-28-26(17-25)27(19-29-28)24-12-15-31(16-13-24)14-11-23-18-30-32(21-23)20-22-7-5-3-4-6-8-22/h9-10,17-19,21-22,24,29H,2-8,11-16,20H2,1H3. The number of piperidine rings is 1. The molecular weight excluding hydrogens is 424 g/mol. The number of likely N-dealkylation sites (tertiary alicyclic amines) is 1. The van der Waals surface area contributed by atoms with E-state index in [0.29, 0.717) is 5.92 Å². The van der Waals surface area contributed by atoms with Gasteiger partial charge in [-0.2, -0.15) is 5.10 Å². The second-order valence-corrected chi connectivity index (χ2v) is 11.5. The maximum Gasteiger partial charge on any atom is 0.0522 e. The van der Waals surface area contributed by atoms with Gasteiger partial charge >= 0.3 is 0 Å². The van der Waals surface area contributed by atoms with Gasteiger partial charge in [0.05, 0.1) is 6.20 Å². The van der Waals surface area contributed by atoms with Gasteiger partial charge in [-0.05, 0) is 92.1 Å². The van der Waals surface area contributed by atoms with Gasteiger partial charge in [0, 0.05) is 41.3 Å². The van der Waals surface area contributed by atoms with Gasteiger partial charge in [-0.1, -0.05) is 32.6 Å². The largest absolute Gasteiger partial charge is 0.361 e. The van der Waals surface area contributed by atoms with Crippen molar-refractivity contribution in [1.29, 1.82) is 0 Å². The van der Waals surface area contributed by atoms with Crippen LogP contribution >= 0.6 is 11.8 Å². The van der Waals surface area contributed by atoms with Gasteiger partial charge in [0.2, 0.25) is 0 Å². The molecule has 2 aliphatic rings. The molecule has 1 aliphatic carbocycles. The van der Waals surface area contributed by atoms with Crippen LogP contribution in [0.1, 0.15) is 75.3 Å². The molecule has 2 aromatic heterocycles. The second-order valence-electron chi connectivity index (χ2n) is 10.2. The molecule has 0 bridgehead atoms. The Morgan fingerprint density at radius 1 is 1.06 bits per heavy atom. The lowest BCUT2D eigenvalue weighted by Crippen LogP contribution is -2.34. The molecule has 3 heterocycles. The van der Waals surface area contributed by atoms with Gasteiger partial charge in [-0.15, -0.1) is 11.8 Å². The fraction of sp³-hybridized carbons (Fsp3) is 0.607. The molecule has 0 atom stereocenters. The molecule has 4 nitrogen and oxygen atoms in total. The summed E-state index contributed by atoms with van der Waals surface area (Å²) in [5.41, 5.74) is 4.22. The lowest BCUT2D eigenvalue weighted by molar-refractivity contribution is 0.215. The Hall–Kier alpha value is -1.72. The number of hydrogen-bond acceptors (Lipinski definition) is 3. The van der Waals surface area contributed by atoms with Gasteiger partial charge < -0.3 is 9.88 Å². The Bertz CT molecular complexity index is 1010. The first-order chi connectivity index (χ1) is 16.3. The fourth-order valence-corrected chi connectivity index (χ4v) is 6.62. The van der Waals surface area contributed by atoms with Crippen LogP contribution in [0.5, 0.6) is 0 Å². The summed E-state index contributed by atoms with van der Waals surface area (Å²) in [5, 5.41) is 6.13. The van der Waals surface area contributed by atoms with Gasteiger partial charge in [0.25, 0.3) is 0 Å². The minimum Gasteiger partial charge on any atom is -0.361 e. The smallest absolute Gasteiger partial charge is 0.0522 e. The van der Waals surface area contributed by atoms with Crippen molar-refractivity contribution in [3.63, 3.8) is 0 Å². The molecule has 1 aliphatic heterocycles. The number of rotatable bonds is 8. The minimum absolute atomic E-state index is 0.680. The third-order valence-electron chi connectivity index (χ3n) is 7.85. The molecule has 0 radical (unpaired) electrons. The Balaban J connectivity index is 1.11. The van der Waals surface area contributed by atoms with Gasteiger partial charge in [0.1, 0.15) is 0 Å². The van der Waals surface area contributed by atoms with Crippen LogP contribution in [0.3, 0.4) is 0 Å². The van der Waals surface area contributed by atoms with E-state index in [4.69, 9.17) is 5.10 Å². The molecule has 5 rings (SSSR count). The zero-order valence-corrected chi connectivity index (χ0v) is 21.1. The van der Waals surface area contributed by atoms with E-state index in [2.05, 4.69) is 58.3 Å². The number of aromatic nitrogens is 3. The summed E-state index contributed by atoms with van der Waals surface area (Å²) >= 11 is 1.94. The molecular formula is C28H40N4S. The van der Waals surface area contributed by atoms with Crippen molar-refractivity contribution in [2.45, 2.75) is 82.1 Å². The molecule has 0 amide bonds. The number of aromatic amines is 1. The molecule has 0 unspecified atom stereocenters. The van der Waals surface area contributed by atoms with Crippen LogP contribution in [0.2, 0.25) is 0 Å². The van der Waals surface area contributed by atoms with Crippen molar-refractivity contribution in [3.05, 3.63) is 47.9 Å². The predicted molar refractivity (Wildman–Crippen MR) is 140 cm³/mol. The summed E-state index contributed by atoms with van der Waals surface area (Å²) in [5.74, 6) is 2.64.